The van der Waals surface area contributed by atoms with Crippen LogP contribution >= 0.6 is 0 Å². The Kier molecular flexibility index (Phi) is 6.39. The van der Waals surface area contributed by atoms with Gasteiger partial charge in [0.1, 0.15) is 12.9 Å². The second-order valence-corrected chi connectivity index (χ2v) is 5.14. The van der Waals surface area contributed by atoms with Gasteiger partial charge in [0, 0.05) is 11.1 Å². The fraction of sp³-hybridized carbons (Fsp3) is 0.158. The maximum absolute atomic E-state index is 13.0. The molecule has 0 fully saturated rings. The van der Waals surface area contributed by atoms with Crippen molar-refractivity contribution < 1.29 is 27.5 Å². The van der Waals surface area contributed by atoms with Gasteiger partial charge in [0.2, 0.25) is 0 Å². The van der Waals surface area contributed by atoms with Gasteiger partial charge in [-0.25, -0.2) is 4.79 Å². The predicted molar refractivity (Wildman–Crippen MR) is 88.3 cm³/mol. The molecule has 0 saturated heterocycles. The number of halogens is 3. The number of nitrogens with one attached hydrogen (secondary N) is 1. The van der Waals surface area contributed by atoms with Crippen LogP contribution < -0.4 is 5.32 Å². The van der Waals surface area contributed by atoms with Gasteiger partial charge in [-0.2, -0.15) is 13.2 Å². The molecular formula is C19H14F3NO3. The van der Waals surface area contributed by atoms with E-state index in [-0.39, 0.29) is 24.3 Å². The van der Waals surface area contributed by atoms with Gasteiger partial charge in [0.25, 0.3) is 0 Å². The minimum atomic E-state index is -4.63. The summed E-state index contributed by atoms with van der Waals surface area (Å²) in [4.78, 5) is 22.1. The molecule has 0 aliphatic carbocycles. The highest BCUT2D eigenvalue weighted by Gasteiger charge is 2.33. The summed E-state index contributed by atoms with van der Waals surface area (Å²) in [6, 6.07) is 12.1. The number of hydrogen-bond donors (Lipinski definition) is 1. The third-order valence-electron chi connectivity index (χ3n) is 3.24. The first kappa shape index (κ1) is 19.1. The van der Waals surface area contributed by atoms with E-state index in [9.17, 15) is 22.8 Å². The van der Waals surface area contributed by atoms with Gasteiger partial charge < -0.3 is 10.1 Å². The molecule has 4 nitrogen and oxygen atoms in total. The van der Waals surface area contributed by atoms with Crippen molar-refractivity contribution in [3.05, 3.63) is 70.8 Å². The van der Waals surface area contributed by atoms with E-state index in [0.29, 0.717) is 6.29 Å². The quantitative estimate of drug-likeness (QED) is 0.666. The van der Waals surface area contributed by atoms with E-state index in [4.69, 9.17) is 4.74 Å². The van der Waals surface area contributed by atoms with E-state index in [1.165, 1.54) is 6.07 Å². The van der Waals surface area contributed by atoms with Crippen molar-refractivity contribution in [1.82, 2.24) is 5.32 Å². The van der Waals surface area contributed by atoms with Gasteiger partial charge in [0.15, 0.2) is 0 Å². The molecule has 0 atom stereocenters. The minimum absolute atomic E-state index is 0.0749. The molecule has 2 aromatic rings. The summed E-state index contributed by atoms with van der Waals surface area (Å²) in [6.45, 7) is -0.105. The summed E-state index contributed by atoms with van der Waals surface area (Å²) < 4.78 is 43.9. The van der Waals surface area contributed by atoms with Gasteiger partial charge in [-0.1, -0.05) is 48.2 Å². The number of amides is 1. The van der Waals surface area contributed by atoms with Crippen LogP contribution in [0.3, 0.4) is 0 Å². The molecule has 0 spiro atoms. The number of rotatable bonds is 4. The molecule has 0 saturated carbocycles. The van der Waals surface area contributed by atoms with Crippen molar-refractivity contribution >= 4 is 12.4 Å². The molecule has 0 radical (unpaired) electrons. The van der Waals surface area contributed by atoms with Crippen LogP contribution in [0.5, 0.6) is 0 Å². The van der Waals surface area contributed by atoms with Crippen LogP contribution in [0.4, 0.5) is 18.0 Å². The topological polar surface area (TPSA) is 55.4 Å². The van der Waals surface area contributed by atoms with Crippen molar-refractivity contribution in [2.75, 3.05) is 6.54 Å². The molecule has 0 unspecified atom stereocenters. The van der Waals surface area contributed by atoms with Crippen LogP contribution in [0.15, 0.2) is 48.5 Å². The molecule has 2 aromatic carbocycles. The summed E-state index contributed by atoms with van der Waals surface area (Å²) >= 11 is 0. The third kappa shape index (κ3) is 5.67. The highest BCUT2D eigenvalue weighted by molar-refractivity contribution is 5.76. The first-order valence-corrected chi connectivity index (χ1v) is 7.50. The molecule has 0 bridgehead atoms. The molecular weight excluding hydrogens is 347 g/mol. The Bertz CT molecular complexity index is 837. The highest BCUT2D eigenvalue weighted by Crippen LogP contribution is 2.32. The largest absolute Gasteiger partial charge is 0.445 e. The molecule has 2 rings (SSSR count). The maximum Gasteiger partial charge on any atom is 0.417 e. The maximum atomic E-state index is 13.0. The molecule has 134 valence electrons. The van der Waals surface area contributed by atoms with Crippen molar-refractivity contribution in [3.8, 4) is 11.8 Å². The van der Waals surface area contributed by atoms with E-state index in [1.807, 2.05) is 6.07 Å². The second-order valence-electron chi connectivity index (χ2n) is 5.14. The molecule has 0 aliphatic heterocycles. The van der Waals surface area contributed by atoms with E-state index < -0.39 is 17.8 Å². The average molecular weight is 361 g/mol. The average Bonchev–Trinajstić information content (AvgIpc) is 2.63. The van der Waals surface area contributed by atoms with Gasteiger partial charge in [-0.05, 0) is 17.7 Å². The number of carbonyl (C=O) groups excluding carboxylic acids is 2. The summed E-state index contributed by atoms with van der Waals surface area (Å²) in [5.41, 5.74) is -0.562. The standard InChI is InChI=1S/C19H14F3NO3/c20-19(21,22)17-11-15(12-24)8-9-16(17)7-4-10-23-18(25)26-13-14-5-2-1-3-6-14/h1-3,5-6,8-9,11-12H,10,13H2,(H,23,25). The van der Waals surface area contributed by atoms with Crippen molar-refractivity contribution in [2.24, 2.45) is 0 Å². The zero-order valence-corrected chi connectivity index (χ0v) is 13.5. The Morgan fingerprint density at radius 1 is 1.15 bits per heavy atom. The number of ether oxygens (including phenoxy) is 1. The molecule has 1 N–H and O–H groups in total. The van der Waals surface area contributed by atoms with Crippen molar-refractivity contribution in [2.45, 2.75) is 12.8 Å². The third-order valence-corrected chi connectivity index (χ3v) is 3.24. The number of alkyl halides is 3. The number of hydrogen-bond acceptors (Lipinski definition) is 3. The van der Waals surface area contributed by atoms with E-state index in [2.05, 4.69) is 17.2 Å². The summed E-state index contributed by atoms with van der Waals surface area (Å²) in [5.74, 6) is 4.77. The molecule has 7 heteroatoms. The van der Waals surface area contributed by atoms with Crippen LogP contribution in [-0.2, 0) is 17.5 Å². The van der Waals surface area contributed by atoms with E-state index >= 15 is 0 Å². The lowest BCUT2D eigenvalue weighted by molar-refractivity contribution is -0.137. The number of benzene rings is 2. The van der Waals surface area contributed by atoms with Crippen molar-refractivity contribution in [3.63, 3.8) is 0 Å². The molecule has 0 aromatic heterocycles. The molecule has 0 aliphatic rings. The van der Waals surface area contributed by atoms with Crippen molar-refractivity contribution in [1.29, 1.82) is 0 Å². The Morgan fingerprint density at radius 2 is 1.88 bits per heavy atom. The van der Waals surface area contributed by atoms with E-state index in [1.54, 1.807) is 24.3 Å². The van der Waals surface area contributed by atoms with Crippen LogP contribution in [0.25, 0.3) is 0 Å². The molecule has 26 heavy (non-hydrogen) atoms. The fourth-order valence-electron chi connectivity index (χ4n) is 2.01. The highest BCUT2D eigenvalue weighted by atomic mass is 19.4. The number of aldehydes is 1. The van der Waals surface area contributed by atoms with Gasteiger partial charge in [0.05, 0.1) is 12.1 Å². The monoisotopic (exact) mass is 361 g/mol. The summed E-state index contributed by atoms with van der Waals surface area (Å²) in [6.07, 6.45) is -5.03. The lowest BCUT2D eigenvalue weighted by Gasteiger charge is -2.09. The van der Waals surface area contributed by atoms with Crippen LogP contribution in [0, 0.1) is 11.8 Å². The zero-order valence-electron chi connectivity index (χ0n) is 13.5. The lowest BCUT2D eigenvalue weighted by atomic mass is 10.0. The zero-order chi connectivity index (χ0) is 19.0. The predicted octanol–water partition coefficient (Wildman–Crippen LogP) is 3.80. The van der Waals surface area contributed by atoms with Crippen LogP contribution in [0.1, 0.15) is 27.0 Å². The smallest absolute Gasteiger partial charge is 0.417 e. The molecule has 0 heterocycles. The lowest BCUT2D eigenvalue weighted by Crippen LogP contribution is -2.24. The first-order chi connectivity index (χ1) is 12.4. The summed E-state index contributed by atoms with van der Waals surface area (Å²) in [5, 5.41) is 2.33. The fourth-order valence-corrected chi connectivity index (χ4v) is 2.01. The normalized spacial score (nSPS) is 10.4. The molecule has 1 amide bonds. The van der Waals surface area contributed by atoms with E-state index in [0.717, 1.165) is 17.7 Å². The van der Waals surface area contributed by atoms with Gasteiger partial charge in [-0.15, -0.1) is 0 Å². The minimum Gasteiger partial charge on any atom is -0.445 e. The SMILES string of the molecule is O=Cc1ccc(C#CCNC(=O)OCc2ccccc2)c(C(F)(F)F)c1. The Hall–Kier alpha value is -3.27. The van der Waals surface area contributed by atoms with Gasteiger partial charge >= 0.3 is 12.3 Å². The summed E-state index contributed by atoms with van der Waals surface area (Å²) in [7, 11) is 0. The van der Waals surface area contributed by atoms with Gasteiger partial charge in [-0.3, -0.25) is 4.79 Å². The first-order valence-electron chi connectivity index (χ1n) is 7.50. The van der Waals surface area contributed by atoms with Crippen LogP contribution in [0.2, 0.25) is 0 Å². The Labute approximate surface area is 148 Å². The number of carbonyl (C=O) groups is 2. The Morgan fingerprint density at radius 3 is 2.54 bits per heavy atom. The second kappa shape index (κ2) is 8.72. The Balaban J connectivity index is 1.93. The number of alkyl carbamates (subject to hydrolysis) is 1. The van der Waals surface area contributed by atoms with Crippen LogP contribution in [-0.4, -0.2) is 18.9 Å².